The van der Waals surface area contributed by atoms with Crippen LogP contribution in [-0.2, 0) is 11.3 Å². The van der Waals surface area contributed by atoms with Gasteiger partial charge in [-0.3, -0.25) is 9.59 Å². The minimum atomic E-state index is -0.749. The zero-order chi connectivity index (χ0) is 15.6. The van der Waals surface area contributed by atoms with Crippen molar-refractivity contribution in [2.24, 2.45) is 0 Å². The van der Waals surface area contributed by atoms with Crippen molar-refractivity contribution in [2.45, 2.75) is 37.8 Å². The van der Waals surface area contributed by atoms with Gasteiger partial charge in [0.2, 0.25) is 5.91 Å². The molecule has 1 amide bonds. The van der Waals surface area contributed by atoms with Crippen molar-refractivity contribution in [1.82, 2.24) is 9.88 Å². The van der Waals surface area contributed by atoms with Crippen molar-refractivity contribution < 1.29 is 9.90 Å². The average molecular weight is 300 g/mol. The molecule has 0 bridgehead atoms. The highest BCUT2D eigenvalue weighted by Gasteiger charge is 2.31. The van der Waals surface area contributed by atoms with Gasteiger partial charge in [-0.05, 0) is 25.0 Å². The van der Waals surface area contributed by atoms with E-state index in [0.29, 0.717) is 11.9 Å². The molecule has 2 N–H and O–H groups in total. The van der Waals surface area contributed by atoms with Gasteiger partial charge in [0.15, 0.2) is 5.43 Å². The Morgan fingerprint density at radius 3 is 2.73 bits per heavy atom. The molecule has 22 heavy (non-hydrogen) atoms. The molecular formula is C17H20N2O3. The summed E-state index contributed by atoms with van der Waals surface area (Å²) in [7, 11) is 0. The van der Waals surface area contributed by atoms with Crippen molar-refractivity contribution in [2.75, 3.05) is 6.54 Å². The molecule has 3 rings (SSSR count). The number of hydrogen-bond donors (Lipinski definition) is 2. The van der Waals surface area contributed by atoms with E-state index >= 15 is 0 Å². The number of benzene rings is 1. The quantitative estimate of drug-likeness (QED) is 0.897. The Bertz CT molecular complexity index is 745. The summed E-state index contributed by atoms with van der Waals surface area (Å²) in [4.78, 5) is 23.9. The number of carbonyl (C=O) groups excluding carboxylic acids is 1. The van der Waals surface area contributed by atoms with Gasteiger partial charge in [0.1, 0.15) is 6.54 Å². The summed E-state index contributed by atoms with van der Waals surface area (Å²) in [6, 6.07) is 8.71. The van der Waals surface area contributed by atoms with E-state index in [0.717, 1.165) is 31.2 Å². The molecular weight excluding hydrogens is 280 g/mol. The summed E-state index contributed by atoms with van der Waals surface area (Å²) in [5.41, 5.74) is -0.0568. The van der Waals surface area contributed by atoms with E-state index in [1.165, 1.54) is 6.07 Å². The van der Waals surface area contributed by atoms with Crippen LogP contribution in [0.1, 0.15) is 25.7 Å². The molecule has 2 aromatic rings. The lowest BCUT2D eigenvalue weighted by atomic mass is 10.0. The van der Waals surface area contributed by atoms with Crippen LogP contribution in [0, 0.1) is 0 Å². The fourth-order valence-corrected chi connectivity index (χ4v) is 3.08. The van der Waals surface area contributed by atoms with Crippen molar-refractivity contribution in [3.63, 3.8) is 0 Å². The zero-order valence-corrected chi connectivity index (χ0v) is 12.4. The molecule has 1 fully saturated rings. The first-order valence-corrected chi connectivity index (χ1v) is 7.65. The molecule has 5 nitrogen and oxygen atoms in total. The highest BCUT2D eigenvalue weighted by molar-refractivity contribution is 5.82. The molecule has 116 valence electrons. The maximum absolute atomic E-state index is 12.1. The van der Waals surface area contributed by atoms with Crippen LogP contribution in [0.3, 0.4) is 0 Å². The lowest BCUT2D eigenvalue weighted by Crippen LogP contribution is -2.41. The third-order valence-electron chi connectivity index (χ3n) is 4.35. The van der Waals surface area contributed by atoms with Gasteiger partial charge >= 0.3 is 0 Å². The average Bonchev–Trinajstić information content (AvgIpc) is 2.96. The summed E-state index contributed by atoms with van der Waals surface area (Å²) in [6.45, 7) is 0.431. The molecule has 1 aliphatic carbocycles. The highest BCUT2D eigenvalue weighted by atomic mass is 16.3. The Kier molecular flexibility index (Phi) is 3.98. The molecule has 1 aromatic heterocycles. The fourth-order valence-electron chi connectivity index (χ4n) is 3.08. The van der Waals surface area contributed by atoms with Crippen LogP contribution in [0.25, 0.3) is 10.9 Å². The highest BCUT2D eigenvalue weighted by Crippen LogP contribution is 2.28. The first kappa shape index (κ1) is 14.8. The van der Waals surface area contributed by atoms with Crippen LogP contribution >= 0.6 is 0 Å². The van der Waals surface area contributed by atoms with E-state index in [2.05, 4.69) is 5.32 Å². The maximum Gasteiger partial charge on any atom is 0.240 e. The van der Waals surface area contributed by atoms with Crippen LogP contribution in [-0.4, -0.2) is 27.7 Å². The van der Waals surface area contributed by atoms with Crippen molar-refractivity contribution in [1.29, 1.82) is 0 Å². The standard InChI is InChI=1S/C17H20N2O3/c20-15-7-10-19(14-6-2-1-5-13(14)15)11-16(21)18-12-17(22)8-3-4-9-17/h1-2,5-7,10,22H,3-4,8-9,11-12H2,(H,18,21). The molecule has 0 atom stereocenters. The number of aliphatic hydroxyl groups is 1. The van der Waals surface area contributed by atoms with Gasteiger partial charge in [0.25, 0.3) is 0 Å². The van der Waals surface area contributed by atoms with E-state index < -0.39 is 5.60 Å². The summed E-state index contributed by atoms with van der Waals surface area (Å²) in [5, 5.41) is 13.7. The fraction of sp³-hybridized carbons (Fsp3) is 0.412. The number of pyridine rings is 1. The second kappa shape index (κ2) is 5.93. The van der Waals surface area contributed by atoms with E-state index in [1.54, 1.807) is 16.8 Å². The molecule has 5 heteroatoms. The van der Waals surface area contributed by atoms with Crippen LogP contribution in [0.5, 0.6) is 0 Å². The first-order valence-electron chi connectivity index (χ1n) is 7.65. The van der Waals surface area contributed by atoms with Crippen molar-refractivity contribution in [3.8, 4) is 0 Å². The number of nitrogens with zero attached hydrogens (tertiary/aromatic N) is 1. The van der Waals surface area contributed by atoms with Crippen molar-refractivity contribution >= 4 is 16.8 Å². The molecule has 0 unspecified atom stereocenters. The molecule has 1 aliphatic rings. The molecule has 1 aromatic carbocycles. The molecule has 1 heterocycles. The largest absolute Gasteiger partial charge is 0.388 e. The minimum Gasteiger partial charge on any atom is -0.388 e. The third kappa shape index (κ3) is 3.04. The zero-order valence-electron chi connectivity index (χ0n) is 12.4. The number of nitrogens with one attached hydrogen (secondary N) is 1. The predicted molar refractivity (Wildman–Crippen MR) is 84.6 cm³/mol. The van der Waals surface area contributed by atoms with Crippen molar-refractivity contribution in [3.05, 3.63) is 46.8 Å². The van der Waals surface area contributed by atoms with E-state index in [1.807, 2.05) is 18.2 Å². The van der Waals surface area contributed by atoms with Gasteiger partial charge in [0, 0.05) is 24.2 Å². The van der Waals surface area contributed by atoms with E-state index in [-0.39, 0.29) is 17.9 Å². The predicted octanol–water partition coefficient (Wildman–Crippen LogP) is 1.42. The normalized spacial score (nSPS) is 16.8. The van der Waals surface area contributed by atoms with Gasteiger partial charge < -0.3 is 15.0 Å². The van der Waals surface area contributed by atoms with Crippen LogP contribution in [0.2, 0.25) is 0 Å². The Hall–Kier alpha value is -2.14. The number of para-hydroxylation sites is 1. The molecule has 0 saturated heterocycles. The van der Waals surface area contributed by atoms with Gasteiger partial charge in [0.05, 0.1) is 11.1 Å². The second-order valence-corrected chi connectivity index (χ2v) is 6.03. The molecule has 1 saturated carbocycles. The number of fused-ring (bicyclic) bond motifs is 1. The lowest BCUT2D eigenvalue weighted by Gasteiger charge is -2.22. The molecule has 0 radical (unpaired) electrons. The smallest absolute Gasteiger partial charge is 0.240 e. The summed E-state index contributed by atoms with van der Waals surface area (Å²) < 4.78 is 1.75. The molecule has 0 aliphatic heterocycles. The number of carbonyl (C=O) groups is 1. The Labute approximate surface area is 128 Å². The number of aromatic nitrogens is 1. The van der Waals surface area contributed by atoms with Gasteiger partial charge in [-0.15, -0.1) is 0 Å². The summed E-state index contributed by atoms with van der Waals surface area (Å²) >= 11 is 0. The minimum absolute atomic E-state index is 0.0486. The Balaban J connectivity index is 1.72. The number of hydrogen-bond acceptors (Lipinski definition) is 3. The van der Waals surface area contributed by atoms with Gasteiger partial charge in [-0.2, -0.15) is 0 Å². The van der Waals surface area contributed by atoms with Gasteiger partial charge in [-0.25, -0.2) is 0 Å². The van der Waals surface area contributed by atoms with Crippen LogP contribution < -0.4 is 10.7 Å². The first-order chi connectivity index (χ1) is 10.6. The third-order valence-corrected chi connectivity index (χ3v) is 4.35. The topological polar surface area (TPSA) is 71.3 Å². The van der Waals surface area contributed by atoms with Gasteiger partial charge in [-0.1, -0.05) is 25.0 Å². The van der Waals surface area contributed by atoms with E-state index in [9.17, 15) is 14.7 Å². The second-order valence-electron chi connectivity index (χ2n) is 6.03. The van der Waals surface area contributed by atoms with Crippen LogP contribution in [0.15, 0.2) is 41.3 Å². The Morgan fingerprint density at radius 2 is 1.95 bits per heavy atom. The molecule has 0 spiro atoms. The Morgan fingerprint density at radius 1 is 1.23 bits per heavy atom. The van der Waals surface area contributed by atoms with Crippen LogP contribution in [0.4, 0.5) is 0 Å². The van der Waals surface area contributed by atoms with E-state index in [4.69, 9.17) is 0 Å². The maximum atomic E-state index is 12.1. The number of amides is 1. The SMILES string of the molecule is O=C(Cn1ccc(=O)c2ccccc21)NCC1(O)CCCC1. The number of rotatable bonds is 4. The summed E-state index contributed by atoms with van der Waals surface area (Å²) in [5.74, 6) is -0.158. The summed E-state index contributed by atoms with van der Waals surface area (Å²) in [6.07, 6.45) is 5.14. The lowest BCUT2D eigenvalue weighted by molar-refractivity contribution is -0.122. The monoisotopic (exact) mass is 300 g/mol.